The molecule has 1 aromatic heterocycles. The monoisotopic (exact) mass is 217 g/mol. The molecule has 1 N–H and O–H groups in total. The van der Waals surface area contributed by atoms with Crippen molar-refractivity contribution < 1.29 is 9.15 Å². The molecular formula is C13H15NO2. The third kappa shape index (κ3) is 1.78. The molecule has 1 fully saturated rings. The number of fused-ring (bicyclic) bond motifs is 1. The second kappa shape index (κ2) is 4.18. The van der Waals surface area contributed by atoms with Gasteiger partial charge in [0.15, 0.2) is 11.3 Å². The van der Waals surface area contributed by atoms with Gasteiger partial charge >= 0.3 is 0 Å². The van der Waals surface area contributed by atoms with E-state index in [1.807, 2.05) is 24.3 Å². The standard InChI is InChI=1S/C13H15NO2/c1-2-11-5-7-15-13(11)12(3-1)16-9-10-4-6-14-8-10/h1-3,5,7,10,14H,4,6,8-9H2. The zero-order valence-corrected chi connectivity index (χ0v) is 9.11. The van der Waals surface area contributed by atoms with Crippen LogP contribution in [0.25, 0.3) is 11.0 Å². The Morgan fingerprint density at radius 3 is 3.25 bits per heavy atom. The number of benzene rings is 1. The van der Waals surface area contributed by atoms with Gasteiger partial charge in [-0.05, 0) is 25.1 Å². The topological polar surface area (TPSA) is 34.4 Å². The Morgan fingerprint density at radius 2 is 2.38 bits per heavy atom. The molecule has 0 spiro atoms. The Labute approximate surface area is 94.4 Å². The Balaban J connectivity index is 1.75. The molecule has 3 heteroatoms. The van der Waals surface area contributed by atoms with Crippen LogP contribution in [0.4, 0.5) is 0 Å². The van der Waals surface area contributed by atoms with Crippen molar-refractivity contribution >= 4 is 11.0 Å². The van der Waals surface area contributed by atoms with Gasteiger partial charge in [-0.25, -0.2) is 0 Å². The lowest BCUT2D eigenvalue weighted by atomic mass is 10.1. The molecule has 0 radical (unpaired) electrons. The largest absolute Gasteiger partial charge is 0.489 e. The third-order valence-electron chi connectivity index (χ3n) is 3.08. The second-order valence-corrected chi connectivity index (χ2v) is 4.26. The fourth-order valence-electron chi connectivity index (χ4n) is 2.14. The molecule has 1 aliphatic heterocycles. The van der Waals surface area contributed by atoms with Gasteiger partial charge in [-0.2, -0.15) is 0 Å². The molecule has 0 aliphatic carbocycles. The molecule has 0 bridgehead atoms. The summed E-state index contributed by atoms with van der Waals surface area (Å²) in [5.41, 5.74) is 0.855. The predicted molar refractivity (Wildman–Crippen MR) is 62.7 cm³/mol. The number of furan rings is 1. The van der Waals surface area contributed by atoms with Crippen molar-refractivity contribution in [3.8, 4) is 5.75 Å². The van der Waals surface area contributed by atoms with E-state index < -0.39 is 0 Å². The minimum Gasteiger partial charge on any atom is -0.489 e. The number of para-hydroxylation sites is 1. The highest BCUT2D eigenvalue weighted by Gasteiger charge is 2.15. The van der Waals surface area contributed by atoms with Crippen LogP contribution < -0.4 is 10.1 Å². The highest BCUT2D eigenvalue weighted by atomic mass is 16.5. The van der Waals surface area contributed by atoms with Crippen LogP contribution in [-0.4, -0.2) is 19.7 Å². The SMILES string of the molecule is c1cc(OCC2CCNC2)c2occc2c1. The van der Waals surface area contributed by atoms with Gasteiger partial charge in [0.05, 0.1) is 12.9 Å². The smallest absolute Gasteiger partial charge is 0.175 e. The van der Waals surface area contributed by atoms with Crippen molar-refractivity contribution in [3.05, 3.63) is 30.5 Å². The minimum atomic E-state index is 0.630. The number of rotatable bonds is 3. The van der Waals surface area contributed by atoms with Gasteiger partial charge in [-0.3, -0.25) is 0 Å². The Hall–Kier alpha value is -1.48. The Bertz CT molecular complexity index is 471. The summed E-state index contributed by atoms with van der Waals surface area (Å²) in [4.78, 5) is 0. The summed E-state index contributed by atoms with van der Waals surface area (Å²) in [5.74, 6) is 1.49. The van der Waals surface area contributed by atoms with Gasteiger partial charge in [0.1, 0.15) is 0 Å². The maximum absolute atomic E-state index is 5.83. The first-order chi connectivity index (χ1) is 7.93. The number of ether oxygens (including phenoxy) is 1. The van der Waals surface area contributed by atoms with Crippen LogP contribution in [-0.2, 0) is 0 Å². The van der Waals surface area contributed by atoms with Crippen molar-refractivity contribution in [2.45, 2.75) is 6.42 Å². The van der Waals surface area contributed by atoms with Gasteiger partial charge in [0, 0.05) is 17.8 Å². The highest BCUT2D eigenvalue weighted by Crippen LogP contribution is 2.26. The van der Waals surface area contributed by atoms with E-state index in [0.29, 0.717) is 5.92 Å². The van der Waals surface area contributed by atoms with E-state index in [9.17, 15) is 0 Å². The maximum atomic E-state index is 5.83. The summed E-state index contributed by atoms with van der Waals surface area (Å²) >= 11 is 0. The minimum absolute atomic E-state index is 0.630. The molecule has 0 amide bonds. The summed E-state index contributed by atoms with van der Waals surface area (Å²) < 4.78 is 11.3. The molecule has 0 saturated carbocycles. The van der Waals surface area contributed by atoms with Gasteiger partial charge in [0.25, 0.3) is 0 Å². The van der Waals surface area contributed by atoms with E-state index in [1.54, 1.807) is 6.26 Å². The first kappa shape index (κ1) is 9.73. The average molecular weight is 217 g/mol. The first-order valence-corrected chi connectivity index (χ1v) is 5.73. The van der Waals surface area contributed by atoms with Crippen LogP contribution >= 0.6 is 0 Å². The lowest BCUT2D eigenvalue weighted by molar-refractivity contribution is 0.260. The Morgan fingerprint density at radius 1 is 1.38 bits per heavy atom. The van der Waals surface area contributed by atoms with Crippen LogP contribution in [0.5, 0.6) is 5.75 Å². The molecule has 16 heavy (non-hydrogen) atoms. The summed E-state index contributed by atoms with van der Waals surface area (Å²) in [6.45, 7) is 2.94. The zero-order chi connectivity index (χ0) is 10.8. The molecular weight excluding hydrogens is 202 g/mol. The third-order valence-corrected chi connectivity index (χ3v) is 3.08. The molecule has 84 valence electrons. The number of hydrogen-bond donors (Lipinski definition) is 1. The zero-order valence-electron chi connectivity index (χ0n) is 9.11. The summed E-state index contributed by atoms with van der Waals surface area (Å²) in [7, 11) is 0. The van der Waals surface area contributed by atoms with Gasteiger partial charge in [-0.15, -0.1) is 0 Å². The van der Waals surface area contributed by atoms with Gasteiger partial charge < -0.3 is 14.5 Å². The van der Waals surface area contributed by atoms with E-state index in [2.05, 4.69) is 5.32 Å². The normalized spacial score (nSPS) is 20.4. The molecule has 1 aliphatic rings. The van der Waals surface area contributed by atoms with Crippen LogP contribution in [0.1, 0.15) is 6.42 Å². The Kier molecular flexibility index (Phi) is 2.54. The van der Waals surface area contributed by atoms with Crippen molar-refractivity contribution in [1.82, 2.24) is 5.32 Å². The van der Waals surface area contributed by atoms with Crippen molar-refractivity contribution in [2.24, 2.45) is 5.92 Å². The average Bonchev–Trinajstić information content (AvgIpc) is 2.97. The van der Waals surface area contributed by atoms with E-state index in [4.69, 9.17) is 9.15 Å². The summed E-state index contributed by atoms with van der Waals surface area (Å²) in [6.07, 6.45) is 2.91. The van der Waals surface area contributed by atoms with Crippen LogP contribution in [0, 0.1) is 5.92 Å². The van der Waals surface area contributed by atoms with Crippen molar-refractivity contribution in [2.75, 3.05) is 19.7 Å². The van der Waals surface area contributed by atoms with Crippen LogP contribution in [0.3, 0.4) is 0 Å². The molecule has 1 atom stereocenters. The fourth-order valence-corrected chi connectivity index (χ4v) is 2.14. The molecule has 1 saturated heterocycles. The fraction of sp³-hybridized carbons (Fsp3) is 0.385. The van der Waals surface area contributed by atoms with E-state index in [1.165, 1.54) is 6.42 Å². The lowest BCUT2D eigenvalue weighted by Gasteiger charge is -2.10. The van der Waals surface area contributed by atoms with Crippen LogP contribution in [0.15, 0.2) is 34.9 Å². The quantitative estimate of drug-likeness (QED) is 0.857. The molecule has 1 unspecified atom stereocenters. The van der Waals surface area contributed by atoms with Gasteiger partial charge in [0.2, 0.25) is 0 Å². The van der Waals surface area contributed by atoms with Crippen molar-refractivity contribution in [1.29, 1.82) is 0 Å². The summed E-state index contributed by atoms with van der Waals surface area (Å²) in [6, 6.07) is 7.95. The van der Waals surface area contributed by atoms with E-state index >= 15 is 0 Å². The maximum Gasteiger partial charge on any atom is 0.175 e. The van der Waals surface area contributed by atoms with E-state index in [0.717, 1.165) is 36.4 Å². The number of nitrogens with one attached hydrogen (secondary N) is 1. The lowest BCUT2D eigenvalue weighted by Crippen LogP contribution is -2.15. The molecule has 2 aromatic rings. The van der Waals surface area contributed by atoms with Crippen molar-refractivity contribution in [3.63, 3.8) is 0 Å². The molecule has 3 nitrogen and oxygen atoms in total. The summed E-state index contributed by atoms with van der Waals surface area (Å²) in [5, 5.41) is 4.44. The van der Waals surface area contributed by atoms with E-state index in [-0.39, 0.29) is 0 Å². The highest BCUT2D eigenvalue weighted by molar-refractivity contribution is 5.82. The number of hydrogen-bond acceptors (Lipinski definition) is 3. The van der Waals surface area contributed by atoms with Gasteiger partial charge in [-0.1, -0.05) is 12.1 Å². The molecule has 1 aromatic carbocycles. The molecule has 2 heterocycles. The first-order valence-electron chi connectivity index (χ1n) is 5.73. The molecule has 3 rings (SSSR count). The van der Waals surface area contributed by atoms with Crippen LogP contribution in [0.2, 0.25) is 0 Å². The predicted octanol–water partition coefficient (Wildman–Crippen LogP) is 2.42. The second-order valence-electron chi connectivity index (χ2n) is 4.26.